The second-order valence-corrected chi connectivity index (χ2v) is 4.81. The summed E-state index contributed by atoms with van der Waals surface area (Å²) in [5.74, 6) is -0.825. The van der Waals surface area contributed by atoms with Crippen molar-refractivity contribution in [2.45, 2.75) is 6.92 Å². The quantitative estimate of drug-likeness (QED) is 0.739. The normalized spacial score (nSPS) is 10.5. The highest BCUT2D eigenvalue weighted by atomic mass is 19.1. The minimum atomic E-state index is -0.409. The molecule has 0 aliphatic heterocycles. The maximum atomic E-state index is 13.3. The van der Waals surface area contributed by atoms with Crippen LogP contribution < -0.4 is 4.90 Å². The molecule has 3 aromatic rings. The van der Waals surface area contributed by atoms with Gasteiger partial charge in [-0.25, -0.2) is 4.39 Å². The van der Waals surface area contributed by atoms with Gasteiger partial charge in [-0.3, -0.25) is 4.79 Å². The molecule has 0 bridgehead atoms. The summed E-state index contributed by atoms with van der Waals surface area (Å²) in [4.78, 5) is 14.1. The van der Waals surface area contributed by atoms with Gasteiger partial charge in [0.2, 0.25) is 5.89 Å². The summed E-state index contributed by atoms with van der Waals surface area (Å²) >= 11 is 0. The highest BCUT2D eigenvalue weighted by molar-refractivity contribution is 6.02. The Kier molecular flexibility index (Phi) is 4.14. The van der Waals surface area contributed by atoms with E-state index in [0.29, 0.717) is 12.1 Å². The summed E-state index contributed by atoms with van der Waals surface area (Å²) in [6, 6.07) is 15.0. The topological polar surface area (TPSA) is 59.2 Å². The van der Waals surface area contributed by atoms with Crippen molar-refractivity contribution in [3.63, 3.8) is 0 Å². The van der Waals surface area contributed by atoms with Crippen LogP contribution in [0.4, 0.5) is 10.1 Å². The van der Waals surface area contributed by atoms with E-state index >= 15 is 0 Å². The monoisotopic (exact) mass is 311 g/mol. The average molecular weight is 311 g/mol. The van der Waals surface area contributed by atoms with Crippen LogP contribution in [-0.2, 0) is 0 Å². The molecule has 0 radical (unpaired) electrons. The first kappa shape index (κ1) is 14.9. The number of carbonyl (C=O) groups is 1. The summed E-state index contributed by atoms with van der Waals surface area (Å²) in [5.41, 5.74) is 1.17. The second kappa shape index (κ2) is 6.39. The molecule has 1 heterocycles. The lowest BCUT2D eigenvalue weighted by Gasteiger charge is -2.18. The smallest absolute Gasteiger partial charge is 0.315 e. The van der Waals surface area contributed by atoms with Crippen molar-refractivity contribution in [3.8, 4) is 11.5 Å². The highest BCUT2D eigenvalue weighted by Crippen LogP contribution is 2.21. The number of hydrogen-bond acceptors (Lipinski definition) is 4. The van der Waals surface area contributed by atoms with Gasteiger partial charge in [0, 0.05) is 17.8 Å². The molecule has 0 unspecified atom stereocenters. The van der Waals surface area contributed by atoms with Crippen molar-refractivity contribution in [3.05, 3.63) is 66.3 Å². The van der Waals surface area contributed by atoms with E-state index < -0.39 is 11.7 Å². The fourth-order valence-electron chi connectivity index (χ4n) is 2.21. The number of aromatic nitrogens is 2. The number of nitrogens with zero attached hydrogens (tertiary/aromatic N) is 3. The van der Waals surface area contributed by atoms with Crippen LogP contribution in [0.2, 0.25) is 0 Å². The highest BCUT2D eigenvalue weighted by Gasteiger charge is 2.22. The molecular formula is C17H14FN3O2. The molecule has 0 fully saturated rings. The van der Waals surface area contributed by atoms with Gasteiger partial charge in [-0.15, -0.1) is 10.2 Å². The third kappa shape index (κ3) is 3.11. The van der Waals surface area contributed by atoms with E-state index in [1.54, 1.807) is 12.1 Å². The van der Waals surface area contributed by atoms with Gasteiger partial charge in [0.1, 0.15) is 5.82 Å². The molecule has 116 valence electrons. The minimum Gasteiger partial charge on any atom is -0.412 e. The van der Waals surface area contributed by atoms with Crippen LogP contribution in [0.15, 0.2) is 59.0 Å². The SMILES string of the molecule is CCN(C(=O)c1nnc(-c2cccc(F)c2)o1)c1ccccc1. The molecule has 23 heavy (non-hydrogen) atoms. The number of rotatable bonds is 4. The molecule has 0 N–H and O–H groups in total. The number of hydrogen-bond donors (Lipinski definition) is 0. The molecule has 3 rings (SSSR count). The zero-order valence-electron chi connectivity index (χ0n) is 12.4. The number of carbonyl (C=O) groups excluding carboxylic acids is 1. The largest absolute Gasteiger partial charge is 0.412 e. The Morgan fingerprint density at radius 3 is 2.61 bits per heavy atom. The van der Waals surface area contributed by atoms with E-state index in [2.05, 4.69) is 10.2 Å². The number of benzene rings is 2. The Balaban J connectivity index is 1.89. The lowest BCUT2D eigenvalue weighted by molar-refractivity contribution is 0.0955. The molecule has 5 nitrogen and oxygen atoms in total. The van der Waals surface area contributed by atoms with Crippen LogP contribution in [-0.4, -0.2) is 22.6 Å². The predicted octanol–water partition coefficient (Wildman–Crippen LogP) is 3.54. The van der Waals surface area contributed by atoms with E-state index in [0.717, 1.165) is 5.69 Å². The third-order valence-corrected chi connectivity index (χ3v) is 3.31. The van der Waals surface area contributed by atoms with E-state index in [9.17, 15) is 9.18 Å². The first-order chi connectivity index (χ1) is 11.2. The molecule has 0 saturated carbocycles. The summed E-state index contributed by atoms with van der Waals surface area (Å²) in [7, 11) is 0. The predicted molar refractivity (Wildman–Crippen MR) is 83.5 cm³/mol. The number of anilines is 1. The molecule has 0 atom stereocenters. The van der Waals surface area contributed by atoms with E-state index in [1.165, 1.54) is 17.0 Å². The van der Waals surface area contributed by atoms with Gasteiger partial charge in [-0.2, -0.15) is 0 Å². The average Bonchev–Trinajstić information content (AvgIpc) is 3.06. The lowest BCUT2D eigenvalue weighted by Crippen LogP contribution is -2.30. The van der Waals surface area contributed by atoms with Gasteiger partial charge in [0.05, 0.1) is 0 Å². The van der Waals surface area contributed by atoms with E-state index in [1.807, 2.05) is 37.3 Å². The molecular weight excluding hydrogens is 297 g/mol. The van der Waals surface area contributed by atoms with E-state index in [4.69, 9.17) is 4.42 Å². The van der Waals surface area contributed by atoms with Crippen LogP contribution in [0.25, 0.3) is 11.5 Å². The molecule has 0 aliphatic rings. The van der Waals surface area contributed by atoms with Crippen molar-refractivity contribution < 1.29 is 13.6 Å². The molecule has 1 amide bonds. The van der Waals surface area contributed by atoms with Crippen molar-refractivity contribution in [1.29, 1.82) is 0 Å². The van der Waals surface area contributed by atoms with Gasteiger partial charge >= 0.3 is 11.8 Å². The molecule has 0 saturated heterocycles. The Hall–Kier alpha value is -3.02. The fraction of sp³-hybridized carbons (Fsp3) is 0.118. The Bertz CT molecular complexity index is 817. The number of para-hydroxylation sites is 1. The first-order valence-electron chi connectivity index (χ1n) is 7.15. The van der Waals surface area contributed by atoms with Crippen LogP contribution >= 0.6 is 0 Å². The van der Waals surface area contributed by atoms with Crippen molar-refractivity contribution >= 4 is 11.6 Å². The Morgan fingerprint density at radius 1 is 1.13 bits per heavy atom. The summed E-state index contributed by atoms with van der Waals surface area (Å²) in [6.07, 6.45) is 0. The van der Waals surface area contributed by atoms with Gasteiger partial charge in [0.25, 0.3) is 0 Å². The molecule has 0 aliphatic carbocycles. The minimum absolute atomic E-state index is 0.108. The fourth-order valence-corrected chi connectivity index (χ4v) is 2.21. The van der Waals surface area contributed by atoms with Crippen LogP contribution in [0.3, 0.4) is 0 Å². The zero-order valence-corrected chi connectivity index (χ0v) is 12.4. The Labute approximate surface area is 132 Å². The molecule has 2 aromatic carbocycles. The summed E-state index contributed by atoms with van der Waals surface area (Å²) in [6.45, 7) is 2.31. The maximum absolute atomic E-state index is 13.3. The van der Waals surface area contributed by atoms with Gasteiger partial charge in [-0.05, 0) is 37.3 Å². The maximum Gasteiger partial charge on any atom is 0.315 e. The van der Waals surface area contributed by atoms with E-state index in [-0.39, 0.29) is 11.8 Å². The van der Waals surface area contributed by atoms with Gasteiger partial charge in [-0.1, -0.05) is 24.3 Å². The second-order valence-electron chi connectivity index (χ2n) is 4.81. The molecule has 0 spiro atoms. The zero-order chi connectivity index (χ0) is 16.2. The van der Waals surface area contributed by atoms with Crippen LogP contribution in [0.5, 0.6) is 0 Å². The first-order valence-corrected chi connectivity index (χ1v) is 7.15. The van der Waals surface area contributed by atoms with Crippen LogP contribution in [0, 0.1) is 5.82 Å². The standard InChI is InChI=1S/C17H14FN3O2/c1-2-21(14-9-4-3-5-10-14)17(22)16-20-19-15(23-16)12-7-6-8-13(18)11-12/h3-11H,2H2,1H3. The molecule has 6 heteroatoms. The lowest BCUT2D eigenvalue weighted by atomic mass is 10.2. The van der Waals surface area contributed by atoms with Gasteiger partial charge in [0.15, 0.2) is 0 Å². The summed E-state index contributed by atoms with van der Waals surface area (Å²) in [5, 5.41) is 7.61. The number of amides is 1. The van der Waals surface area contributed by atoms with Crippen molar-refractivity contribution in [2.24, 2.45) is 0 Å². The van der Waals surface area contributed by atoms with Gasteiger partial charge < -0.3 is 9.32 Å². The number of halogens is 1. The van der Waals surface area contributed by atoms with Crippen molar-refractivity contribution in [1.82, 2.24) is 10.2 Å². The Morgan fingerprint density at radius 2 is 1.91 bits per heavy atom. The van der Waals surface area contributed by atoms with Crippen molar-refractivity contribution in [2.75, 3.05) is 11.4 Å². The van der Waals surface area contributed by atoms with Crippen LogP contribution in [0.1, 0.15) is 17.6 Å². The summed E-state index contributed by atoms with van der Waals surface area (Å²) < 4.78 is 18.7. The molecule has 1 aromatic heterocycles. The third-order valence-electron chi connectivity index (χ3n) is 3.31.